The fourth-order valence-electron chi connectivity index (χ4n) is 2.35. The minimum atomic E-state index is -0.303. The highest BCUT2D eigenvalue weighted by Gasteiger charge is 2.14. The van der Waals surface area contributed by atoms with Crippen molar-refractivity contribution in [3.63, 3.8) is 0 Å². The van der Waals surface area contributed by atoms with Gasteiger partial charge in [-0.15, -0.1) is 5.10 Å². The summed E-state index contributed by atoms with van der Waals surface area (Å²) in [4.78, 5) is 12.2. The van der Waals surface area contributed by atoms with Crippen LogP contribution in [-0.4, -0.2) is 16.1 Å². The van der Waals surface area contributed by atoms with E-state index in [0.717, 1.165) is 21.2 Å². The van der Waals surface area contributed by atoms with Crippen LogP contribution in [0.2, 0.25) is 0 Å². The average molecular weight is 386 g/mol. The lowest BCUT2D eigenvalue weighted by Gasteiger charge is -2.06. The Hall–Kier alpha value is -2.47. The van der Waals surface area contributed by atoms with Gasteiger partial charge in [0.2, 0.25) is 5.89 Å². The van der Waals surface area contributed by atoms with E-state index in [1.54, 1.807) is 18.2 Å². The van der Waals surface area contributed by atoms with E-state index in [1.807, 2.05) is 32.0 Å². The van der Waals surface area contributed by atoms with Crippen molar-refractivity contribution in [1.82, 2.24) is 10.2 Å². The van der Waals surface area contributed by atoms with Crippen molar-refractivity contribution in [2.45, 2.75) is 20.8 Å². The molecule has 1 aromatic heterocycles. The molecule has 1 N–H and O–H groups in total. The summed E-state index contributed by atoms with van der Waals surface area (Å²) in [5, 5.41) is 10.5. The molecule has 0 bridgehead atoms. The summed E-state index contributed by atoms with van der Waals surface area (Å²) in [7, 11) is 0. The Kier molecular flexibility index (Phi) is 4.49. The third kappa shape index (κ3) is 3.38. The molecule has 0 aliphatic heterocycles. The number of nitrogens with one attached hydrogen (secondary N) is 1. The quantitative estimate of drug-likeness (QED) is 0.710. The standard InChI is InChI=1S/C18H16BrN3O2/c1-10-7-14(8-11(2)12(10)3)17-21-22-18(24-17)20-16(23)13-5-4-6-15(19)9-13/h4-9H,1-3H3,(H,20,22,23). The highest BCUT2D eigenvalue weighted by Crippen LogP contribution is 2.25. The van der Waals surface area contributed by atoms with Crippen LogP contribution < -0.4 is 5.32 Å². The average Bonchev–Trinajstić information content (AvgIpc) is 3.00. The number of carbonyl (C=O) groups is 1. The van der Waals surface area contributed by atoms with E-state index in [9.17, 15) is 4.79 Å². The minimum Gasteiger partial charge on any atom is -0.403 e. The molecule has 1 amide bonds. The zero-order valence-electron chi connectivity index (χ0n) is 13.6. The molecule has 0 unspecified atom stereocenters. The van der Waals surface area contributed by atoms with Crippen LogP contribution in [0.1, 0.15) is 27.0 Å². The number of amides is 1. The van der Waals surface area contributed by atoms with Crippen molar-refractivity contribution >= 4 is 27.9 Å². The number of halogens is 1. The van der Waals surface area contributed by atoms with E-state index >= 15 is 0 Å². The number of nitrogens with zero attached hydrogens (tertiary/aromatic N) is 2. The predicted octanol–water partition coefficient (Wildman–Crippen LogP) is 4.68. The third-order valence-corrected chi connectivity index (χ3v) is 4.40. The van der Waals surface area contributed by atoms with Gasteiger partial charge >= 0.3 is 6.01 Å². The predicted molar refractivity (Wildman–Crippen MR) is 96.0 cm³/mol. The number of aromatic nitrogens is 2. The summed E-state index contributed by atoms with van der Waals surface area (Å²) in [5.74, 6) is 0.0773. The fourth-order valence-corrected chi connectivity index (χ4v) is 2.75. The van der Waals surface area contributed by atoms with Gasteiger partial charge in [0.1, 0.15) is 0 Å². The topological polar surface area (TPSA) is 68.0 Å². The van der Waals surface area contributed by atoms with Crippen LogP contribution in [0.25, 0.3) is 11.5 Å². The zero-order valence-corrected chi connectivity index (χ0v) is 15.1. The molecule has 0 aliphatic rings. The second-order valence-corrected chi connectivity index (χ2v) is 6.53. The maximum Gasteiger partial charge on any atom is 0.322 e. The Bertz CT molecular complexity index is 895. The van der Waals surface area contributed by atoms with Gasteiger partial charge in [0.05, 0.1) is 0 Å². The molecule has 0 fully saturated rings. The van der Waals surface area contributed by atoms with Gasteiger partial charge in [-0.25, -0.2) is 0 Å². The van der Waals surface area contributed by atoms with Crippen LogP contribution in [0.5, 0.6) is 0 Å². The highest BCUT2D eigenvalue weighted by molar-refractivity contribution is 9.10. The number of anilines is 1. The molecule has 0 spiro atoms. The molecule has 6 heteroatoms. The maximum atomic E-state index is 12.2. The number of carbonyl (C=O) groups excluding carboxylic acids is 1. The normalized spacial score (nSPS) is 10.7. The summed E-state index contributed by atoms with van der Waals surface area (Å²) in [6.45, 7) is 6.15. The minimum absolute atomic E-state index is 0.0749. The molecule has 2 aromatic carbocycles. The Balaban J connectivity index is 1.82. The first-order chi connectivity index (χ1) is 11.4. The lowest BCUT2D eigenvalue weighted by Crippen LogP contribution is -2.11. The van der Waals surface area contributed by atoms with Gasteiger partial charge in [-0.2, -0.15) is 0 Å². The van der Waals surface area contributed by atoms with Crippen LogP contribution in [0, 0.1) is 20.8 Å². The Labute approximate surface area is 148 Å². The van der Waals surface area contributed by atoms with Crippen molar-refractivity contribution in [2.24, 2.45) is 0 Å². The highest BCUT2D eigenvalue weighted by atomic mass is 79.9. The first-order valence-corrected chi connectivity index (χ1v) is 8.22. The molecule has 1 heterocycles. The van der Waals surface area contributed by atoms with Crippen molar-refractivity contribution in [2.75, 3.05) is 5.32 Å². The molecule has 24 heavy (non-hydrogen) atoms. The van der Waals surface area contributed by atoms with Crippen molar-refractivity contribution in [3.8, 4) is 11.5 Å². The lowest BCUT2D eigenvalue weighted by molar-refractivity contribution is 0.102. The van der Waals surface area contributed by atoms with Gasteiger partial charge in [0.15, 0.2) is 0 Å². The molecular formula is C18H16BrN3O2. The second kappa shape index (κ2) is 6.57. The molecule has 0 aliphatic carbocycles. The van der Waals surface area contributed by atoms with Gasteiger partial charge in [-0.3, -0.25) is 10.1 Å². The van der Waals surface area contributed by atoms with E-state index in [0.29, 0.717) is 11.5 Å². The second-order valence-electron chi connectivity index (χ2n) is 5.61. The molecule has 0 radical (unpaired) electrons. The summed E-state index contributed by atoms with van der Waals surface area (Å²) < 4.78 is 6.40. The summed E-state index contributed by atoms with van der Waals surface area (Å²) in [5.41, 5.74) is 4.89. The molecule has 5 nitrogen and oxygen atoms in total. The Morgan fingerprint density at radius 1 is 1.08 bits per heavy atom. The van der Waals surface area contributed by atoms with Gasteiger partial charge in [-0.1, -0.05) is 27.1 Å². The van der Waals surface area contributed by atoms with Gasteiger partial charge < -0.3 is 4.42 Å². The Morgan fingerprint density at radius 2 is 1.79 bits per heavy atom. The number of aryl methyl sites for hydroxylation is 2. The van der Waals surface area contributed by atoms with Gasteiger partial charge in [-0.05, 0) is 67.8 Å². The molecule has 122 valence electrons. The van der Waals surface area contributed by atoms with E-state index < -0.39 is 0 Å². The molecule has 0 saturated heterocycles. The largest absolute Gasteiger partial charge is 0.403 e. The lowest BCUT2D eigenvalue weighted by atomic mass is 10.0. The number of hydrogen-bond donors (Lipinski definition) is 1. The molecule has 3 rings (SSSR count). The maximum absolute atomic E-state index is 12.2. The molecule has 0 saturated carbocycles. The van der Waals surface area contributed by atoms with Crippen LogP contribution in [-0.2, 0) is 0 Å². The first-order valence-electron chi connectivity index (χ1n) is 7.42. The van der Waals surface area contributed by atoms with Gasteiger partial charge in [0.25, 0.3) is 5.91 Å². The number of hydrogen-bond acceptors (Lipinski definition) is 4. The van der Waals surface area contributed by atoms with Crippen molar-refractivity contribution < 1.29 is 9.21 Å². The van der Waals surface area contributed by atoms with Crippen molar-refractivity contribution in [1.29, 1.82) is 0 Å². The van der Waals surface area contributed by atoms with Crippen LogP contribution in [0.15, 0.2) is 45.3 Å². The summed E-state index contributed by atoms with van der Waals surface area (Å²) in [6.07, 6.45) is 0. The monoisotopic (exact) mass is 385 g/mol. The molecular weight excluding hydrogens is 370 g/mol. The van der Waals surface area contributed by atoms with E-state index in [4.69, 9.17) is 4.42 Å². The van der Waals surface area contributed by atoms with E-state index in [2.05, 4.69) is 38.4 Å². The smallest absolute Gasteiger partial charge is 0.322 e. The van der Waals surface area contributed by atoms with Gasteiger partial charge in [0, 0.05) is 15.6 Å². The van der Waals surface area contributed by atoms with E-state index in [-0.39, 0.29) is 11.9 Å². The Morgan fingerprint density at radius 3 is 2.46 bits per heavy atom. The molecule has 0 atom stereocenters. The third-order valence-electron chi connectivity index (χ3n) is 3.91. The van der Waals surface area contributed by atoms with Crippen LogP contribution >= 0.6 is 15.9 Å². The summed E-state index contributed by atoms with van der Waals surface area (Å²) >= 11 is 3.34. The number of rotatable bonds is 3. The summed E-state index contributed by atoms with van der Waals surface area (Å²) in [6, 6.07) is 11.1. The van der Waals surface area contributed by atoms with Crippen LogP contribution in [0.4, 0.5) is 6.01 Å². The molecule has 3 aromatic rings. The zero-order chi connectivity index (χ0) is 17.3. The van der Waals surface area contributed by atoms with Crippen LogP contribution in [0.3, 0.4) is 0 Å². The van der Waals surface area contributed by atoms with Crippen molar-refractivity contribution in [3.05, 3.63) is 63.1 Å². The van der Waals surface area contributed by atoms with E-state index in [1.165, 1.54) is 5.56 Å². The number of benzene rings is 2. The SMILES string of the molecule is Cc1cc(-c2nnc(NC(=O)c3cccc(Br)c3)o2)cc(C)c1C. The first kappa shape index (κ1) is 16.4. The fraction of sp³-hybridized carbons (Fsp3) is 0.167.